The Bertz CT molecular complexity index is 1040. The summed E-state index contributed by atoms with van der Waals surface area (Å²) >= 11 is 0.949. The van der Waals surface area contributed by atoms with Gasteiger partial charge in [0.15, 0.2) is 0 Å². The highest BCUT2D eigenvalue weighted by Gasteiger charge is 2.18. The van der Waals surface area contributed by atoms with Crippen molar-refractivity contribution in [2.24, 2.45) is 0 Å². The molecular formula is C20H24N6O3S. The number of nitrogens with zero attached hydrogens (tertiary/aromatic N) is 4. The van der Waals surface area contributed by atoms with Crippen molar-refractivity contribution in [1.82, 2.24) is 25.3 Å². The number of aromatic nitrogens is 4. The van der Waals surface area contributed by atoms with Crippen molar-refractivity contribution in [3.8, 4) is 5.75 Å². The van der Waals surface area contributed by atoms with Gasteiger partial charge in [0.05, 0.1) is 12.8 Å². The summed E-state index contributed by atoms with van der Waals surface area (Å²) in [6, 6.07) is 6.91. The van der Waals surface area contributed by atoms with Crippen LogP contribution in [0.1, 0.15) is 43.5 Å². The third-order valence-corrected chi connectivity index (χ3v) is 5.57. The molecule has 1 aromatic carbocycles. The zero-order valence-electron chi connectivity index (χ0n) is 17.4. The highest BCUT2D eigenvalue weighted by atomic mass is 32.1. The Kier molecular flexibility index (Phi) is 6.78. The van der Waals surface area contributed by atoms with Crippen LogP contribution in [0.5, 0.6) is 5.75 Å². The van der Waals surface area contributed by atoms with E-state index in [1.807, 2.05) is 25.5 Å². The number of anilines is 1. The molecule has 3 rings (SSSR count). The van der Waals surface area contributed by atoms with E-state index < -0.39 is 5.91 Å². The minimum atomic E-state index is -0.421. The first-order valence-electron chi connectivity index (χ1n) is 9.53. The minimum Gasteiger partial charge on any atom is -0.497 e. The number of amides is 2. The van der Waals surface area contributed by atoms with E-state index in [0.29, 0.717) is 24.4 Å². The maximum absolute atomic E-state index is 12.4. The van der Waals surface area contributed by atoms with Gasteiger partial charge in [0.25, 0.3) is 11.8 Å². The van der Waals surface area contributed by atoms with Crippen LogP contribution in [0.2, 0.25) is 0 Å². The van der Waals surface area contributed by atoms with E-state index >= 15 is 0 Å². The molecular weight excluding hydrogens is 404 g/mol. The largest absolute Gasteiger partial charge is 0.497 e. The maximum atomic E-state index is 12.4. The van der Waals surface area contributed by atoms with E-state index in [9.17, 15) is 9.59 Å². The number of carbonyl (C=O) groups excluding carboxylic acids is 2. The van der Waals surface area contributed by atoms with Crippen molar-refractivity contribution in [3.05, 3.63) is 51.2 Å². The van der Waals surface area contributed by atoms with Gasteiger partial charge in [0.2, 0.25) is 10.0 Å². The van der Waals surface area contributed by atoms with Crippen molar-refractivity contribution in [2.75, 3.05) is 19.0 Å². The molecule has 0 aliphatic heterocycles. The van der Waals surface area contributed by atoms with Crippen molar-refractivity contribution >= 4 is 28.8 Å². The molecule has 0 saturated heterocycles. The number of benzene rings is 1. The topological polar surface area (TPSA) is 111 Å². The number of rotatable bonds is 8. The summed E-state index contributed by atoms with van der Waals surface area (Å²) in [6.45, 7) is 7.30. The van der Waals surface area contributed by atoms with Crippen molar-refractivity contribution in [2.45, 2.75) is 33.7 Å². The molecule has 30 heavy (non-hydrogen) atoms. The fourth-order valence-corrected chi connectivity index (χ4v) is 3.70. The number of carbonyl (C=O) groups is 2. The smallest absolute Gasteiger partial charge is 0.286 e. The summed E-state index contributed by atoms with van der Waals surface area (Å²) < 4.78 is 7.04. The Morgan fingerprint density at radius 2 is 1.77 bits per heavy atom. The highest BCUT2D eigenvalue weighted by molar-refractivity contribution is 7.15. The van der Waals surface area contributed by atoms with Crippen LogP contribution in [-0.2, 0) is 13.0 Å². The Morgan fingerprint density at radius 3 is 2.37 bits per heavy atom. The second kappa shape index (κ2) is 9.49. The number of methoxy groups -OCH3 is 1. The van der Waals surface area contributed by atoms with Crippen LogP contribution in [0.4, 0.5) is 5.69 Å². The first-order chi connectivity index (χ1) is 14.4. The van der Waals surface area contributed by atoms with E-state index in [4.69, 9.17) is 4.74 Å². The molecule has 0 aliphatic carbocycles. The molecule has 0 saturated carbocycles. The summed E-state index contributed by atoms with van der Waals surface area (Å²) in [7, 11) is 1.57. The molecule has 0 atom stereocenters. The molecule has 0 radical (unpaired) electrons. The van der Waals surface area contributed by atoms with Crippen LogP contribution in [0.3, 0.4) is 0 Å². The second-order valence-corrected chi connectivity index (χ2v) is 7.54. The summed E-state index contributed by atoms with van der Waals surface area (Å²) in [5.74, 6) is -0.0839. The van der Waals surface area contributed by atoms with Crippen LogP contribution >= 0.6 is 11.3 Å². The molecule has 0 fully saturated rings. The lowest BCUT2D eigenvalue weighted by atomic mass is 10.1. The van der Waals surface area contributed by atoms with Crippen molar-refractivity contribution in [3.63, 3.8) is 0 Å². The maximum Gasteiger partial charge on any atom is 0.286 e. The van der Waals surface area contributed by atoms with Gasteiger partial charge in [-0.25, -0.2) is 0 Å². The van der Waals surface area contributed by atoms with Gasteiger partial charge >= 0.3 is 0 Å². The van der Waals surface area contributed by atoms with E-state index in [-0.39, 0.29) is 15.9 Å². The number of hydrogen-bond donors (Lipinski definition) is 2. The van der Waals surface area contributed by atoms with Gasteiger partial charge in [-0.15, -0.1) is 10.2 Å². The Hall–Kier alpha value is -3.27. The quantitative estimate of drug-likeness (QED) is 0.571. The molecule has 2 aromatic heterocycles. The second-order valence-electron chi connectivity index (χ2n) is 6.57. The molecule has 3 aromatic rings. The van der Waals surface area contributed by atoms with Gasteiger partial charge in [0.1, 0.15) is 5.75 Å². The number of aryl methyl sites for hydroxylation is 2. The van der Waals surface area contributed by atoms with E-state index in [2.05, 4.69) is 25.9 Å². The van der Waals surface area contributed by atoms with E-state index in [0.717, 1.165) is 34.8 Å². The molecule has 10 heteroatoms. The van der Waals surface area contributed by atoms with Crippen molar-refractivity contribution < 1.29 is 14.3 Å². The lowest BCUT2D eigenvalue weighted by Gasteiger charge is -2.04. The standard InChI is InChI=1S/C20H24N6O3S/c1-5-26-13(3)16(12(2)25-26)10-11-21-17(27)19-23-24-20(30-19)18(28)22-14-6-8-15(29-4)9-7-14/h6-9H,5,10-11H2,1-4H3,(H,21,27)(H,22,28). The zero-order valence-corrected chi connectivity index (χ0v) is 18.2. The minimum absolute atomic E-state index is 0.117. The summed E-state index contributed by atoms with van der Waals surface area (Å²) in [5, 5.41) is 18.0. The molecule has 158 valence electrons. The van der Waals surface area contributed by atoms with Crippen LogP contribution in [-0.4, -0.2) is 45.4 Å². The van der Waals surface area contributed by atoms with Crippen LogP contribution in [0.15, 0.2) is 24.3 Å². The summed E-state index contributed by atoms with van der Waals surface area (Å²) in [5.41, 5.74) is 3.81. The van der Waals surface area contributed by atoms with E-state index in [1.54, 1.807) is 31.4 Å². The van der Waals surface area contributed by atoms with Gasteiger partial charge in [-0.3, -0.25) is 14.3 Å². The average molecular weight is 429 g/mol. The number of hydrogen-bond acceptors (Lipinski definition) is 7. The molecule has 2 heterocycles. The highest BCUT2D eigenvalue weighted by Crippen LogP contribution is 2.17. The van der Waals surface area contributed by atoms with Crippen LogP contribution in [0, 0.1) is 13.8 Å². The first-order valence-corrected chi connectivity index (χ1v) is 10.3. The van der Waals surface area contributed by atoms with Gasteiger partial charge in [-0.05, 0) is 57.0 Å². The Morgan fingerprint density at radius 1 is 1.10 bits per heavy atom. The predicted octanol–water partition coefficient (Wildman–Crippen LogP) is 2.60. The molecule has 0 bridgehead atoms. The lowest BCUT2D eigenvalue weighted by Crippen LogP contribution is -2.25. The normalized spacial score (nSPS) is 10.7. The van der Waals surface area contributed by atoms with Gasteiger partial charge in [-0.1, -0.05) is 11.3 Å². The first kappa shape index (κ1) is 21.4. The van der Waals surface area contributed by atoms with Gasteiger partial charge in [-0.2, -0.15) is 5.10 Å². The fraction of sp³-hybridized carbons (Fsp3) is 0.350. The zero-order chi connectivity index (χ0) is 21.7. The third kappa shape index (κ3) is 4.82. The molecule has 9 nitrogen and oxygen atoms in total. The fourth-order valence-electron chi connectivity index (χ4n) is 3.05. The monoisotopic (exact) mass is 428 g/mol. The SMILES string of the molecule is CCn1nc(C)c(CCNC(=O)c2nnc(C(=O)Nc3ccc(OC)cc3)s2)c1C. The van der Waals surface area contributed by atoms with Crippen LogP contribution in [0.25, 0.3) is 0 Å². The molecule has 2 amide bonds. The van der Waals surface area contributed by atoms with Crippen molar-refractivity contribution in [1.29, 1.82) is 0 Å². The van der Waals surface area contributed by atoms with Crippen LogP contribution < -0.4 is 15.4 Å². The molecule has 0 unspecified atom stereocenters. The molecule has 0 spiro atoms. The predicted molar refractivity (Wildman–Crippen MR) is 114 cm³/mol. The average Bonchev–Trinajstić information content (AvgIpc) is 3.34. The Balaban J connectivity index is 1.55. The molecule has 0 aliphatic rings. The molecule has 2 N–H and O–H groups in total. The van der Waals surface area contributed by atoms with E-state index in [1.165, 1.54) is 0 Å². The third-order valence-electron chi connectivity index (χ3n) is 4.65. The summed E-state index contributed by atoms with van der Waals surface area (Å²) in [6.07, 6.45) is 0.674. The van der Waals surface area contributed by atoms with Gasteiger partial charge in [0, 0.05) is 24.5 Å². The Labute approximate surface area is 178 Å². The lowest BCUT2D eigenvalue weighted by molar-refractivity contribution is 0.0951. The number of nitrogens with one attached hydrogen (secondary N) is 2. The summed E-state index contributed by atoms with van der Waals surface area (Å²) in [4.78, 5) is 24.7. The van der Waals surface area contributed by atoms with Gasteiger partial charge < -0.3 is 15.4 Å². The number of ether oxygens (including phenoxy) is 1.